The minimum Gasteiger partial charge on any atom is -0.494 e. The summed E-state index contributed by atoms with van der Waals surface area (Å²) in [6.07, 6.45) is 0.786. The van der Waals surface area contributed by atoms with E-state index in [1.807, 2.05) is 6.08 Å². The molecule has 0 aliphatic carbocycles. The third kappa shape index (κ3) is 9.62. The first-order chi connectivity index (χ1) is 22.1. The number of ether oxygens (including phenoxy) is 1. The maximum Gasteiger partial charge on any atom is 0.460 e. The zero-order chi connectivity index (χ0) is 36.4. The van der Waals surface area contributed by atoms with Gasteiger partial charge in [0.1, 0.15) is 5.75 Å². The summed E-state index contributed by atoms with van der Waals surface area (Å²) in [4.78, 5) is 12.3. The molecule has 2 rings (SSSR count). The second kappa shape index (κ2) is 16.7. The summed E-state index contributed by atoms with van der Waals surface area (Å²) in [6.45, 7) is 4.24. The SMILES string of the molecule is C=CCCCCCCCCCOc1ccc(-c2ccc(C(=O)SCCC(F)(F)C(F)(F)C(F)(F)C(F)(F)C(F)(F)C(F)(F)F)cc2)cc1. The lowest BCUT2D eigenvalue weighted by Crippen LogP contribution is -2.70. The molecule has 270 valence electrons. The molecule has 2 aromatic carbocycles. The van der Waals surface area contributed by atoms with Gasteiger partial charge in [0.25, 0.3) is 0 Å². The summed E-state index contributed by atoms with van der Waals surface area (Å²) in [5, 5.41) is -1.03. The van der Waals surface area contributed by atoms with Crippen LogP contribution in [0.25, 0.3) is 11.1 Å². The molecular weight excluding hydrogens is 695 g/mol. The van der Waals surface area contributed by atoms with Crippen LogP contribution in [-0.2, 0) is 0 Å². The summed E-state index contributed by atoms with van der Waals surface area (Å²) in [7, 11) is 0. The molecule has 2 aromatic rings. The smallest absolute Gasteiger partial charge is 0.460 e. The number of carbonyl (C=O) groups is 1. The fraction of sp³-hybridized carbons (Fsp3) is 0.531. The van der Waals surface area contributed by atoms with Gasteiger partial charge < -0.3 is 4.74 Å². The van der Waals surface area contributed by atoms with E-state index in [-0.39, 0.29) is 17.3 Å². The Balaban J connectivity index is 1.89. The maximum absolute atomic E-state index is 14.0. The van der Waals surface area contributed by atoms with Gasteiger partial charge in [-0.05, 0) is 54.7 Å². The first-order valence-electron chi connectivity index (χ1n) is 14.7. The Morgan fingerprint density at radius 3 is 1.58 bits per heavy atom. The van der Waals surface area contributed by atoms with E-state index in [2.05, 4.69) is 6.58 Å². The lowest BCUT2D eigenvalue weighted by Gasteiger charge is -2.39. The lowest BCUT2D eigenvalue weighted by atomic mass is 9.93. The molecule has 0 amide bonds. The Hall–Kier alpha value is -2.91. The highest BCUT2D eigenvalue weighted by atomic mass is 32.2. The van der Waals surface area contributed by atoms with Crippen molar-refractivity contribution in [2.45, 2.75) is 93.6 Å². The third-order valence-electron chi connectivity index (χ3n) is 7.28. The van der Waals surface area contributed by atoms with E-state index >= 15 is 0 Å². The van der Waals surface area contributed by atoms with Gasteiger partial charge in [0, 0.05) is 17.7 Å². The van der Waals surface area contributed by atoms with Gasteiger partial charge in [-0.3, -0.25) is 4.79 Å². The quantitative estimate of drug-likeness (QED) is 0.0771. The normalized spacial score (nSPS) is 13.4. The van der Waals surface area contributed by atoms with Crippen LogP contribution in [0, 0.1) is 0 Å². The fourth-order valence-electron chi connectivity index (χ4n) is 4.32. The van der Waals surface area contributed by atoms with Gasteiger partial charge >= 0.3 is 35.8 Å². The van der Waals surface area contributed by atoms with Crippen molar-refractivity contribution in [1.29, 1.82) is 0 Å². The van der Waals surface area contributed by atoms with Crippen molar-refractivity contribution < 1.29 is 66.6 Å². The molecule has 0 spiro atoms. The highest BCUT2D eigenvalue weighted by molar-refractivity contribution is 8.14. The first kappa shape index (κ1) is 41.3. The zero-order valence-electron chi connectivity index (χ0n) is 25.3. The number of allylic oxidation sites excluding steroid dienone is 1. The second-order valence-electron chi connectivity index (χ2n) is 10.9. The second-order valence-corrected chi connectivity index (χ2v) is 12.0. The summed E-state index contributed by atoms with van der Waals surface area (Å²) in [5.41, 5.74) is 1.14. The predicted octanol–water partition coefficient (Wildman–Crippen LogP) is 12.0. The van der Waals surface area contributed by atoms with Crippen LogP contribution in [0.4, 0.5) is 57.1 Å². The van der Waals surface area contributed by atoms with E-state index < -0.39 is 53.1 Å². The van der Waals surface area contributed by atoms with Crippen molar-refractivity contribution in [3.8, 4) is 16.9 Å². The number of carbonyl (C=O) groups excluding carboxylic acids is 1. The van der Waals surface area contributed by atoms with E-state index in [1.54, 1.807) is 24.3 Å². The van der Waals surface area contributed by atoms with Gasteiger partial charge in [-0.2, -0.15) is 57.1 Å². The largest absolute Gasteiger partial charge is 0.494 e. The summed E-state index contributed by atoms with van der Waals surface area (Å²) < 4.78 is 178. The van der Waals surface area contributed by atoms with Gasteiger partial charge in [-0.15, -0.1) is 6.58 Å². The molecule has 0 aliphatic rings. The monoisotopic (exact) mass is 728 g/mol. The Kier molecular flexibility index (Phi) is 14.3. The van der Waals surface area contributed by atoms with Gasteiger partial charge in [-0.1, -0.05) is 74.2 Å². The molecule has 0 radical (unpaired) electrons. The van der Waals surface area contributed by atoms with Crippen LogP contribution in [0.15, 0.2) is 61.2 Å². The molecule has 16 heteroatoms. The molecule has 2 nitrogen and oxygen atoms in total. The highest BCUT2D eigenvalue weighted by Crippen LogP contribution is 2.60. The number of hydrogen-bond donors (Lipinski definition) is 0. The molecule has 0 unspecified atom stereocenters. The molecule has 0 heterocycles. The van der Waals surface area contributed by atoms with E-state index in [1.165, 1.54) is 37.1 Å². The van der Waals surface area contributed by atoms with Gasteiger partial charge in [0.2, 0.25) is 5.12 Å². The molecule has 0 N–H and O–H groups in total. The summed E-state index contributed by atoms with van der Waals surface area (Å²) in [5.74, 6) is -37.9. The van der Waals surface area contributed by atoms with Crippen LogP contribution in [0.3, 0.4) is 0 Å². The molecule has 0 saturated carbocycles. The molecule has 0 bridgehead atoms. The van der Waals surface area contributed by atoms with Crippen LogP contribution >= 0.6 is 11.8 Å². The fourth-order valence-corrected chi connectivity index (χ4v) is 5.17. The van der Waals surface area contributed by atoms with Crippen LogP contribution in [0.1, 0.15) is 68.1 Å². The van der Waals surface area contributed by atoms with E-state index in [0.29, 0.717) is 23.5 Å². The average molecular weight is 729 g/mol. The molecule has 0 aliphatic heterocycles. The number of thioether (sulfide) groups is 1. The standard InChI is InChI=1S/C32H33F13O2S/c1-2-3-4-5-6-7-8-9-10-20-47-25-17-15-23(16-18-25)22-11-13-24(14-12-22)26(46)48-21-19-27(33,34)28(35,36)29(37,38)30(39,40)31(41,42)32(43,44)45/h2,11-18H,1,3-10,19-21H2. The van der Waals surface area contributed by atoms with E-state index in [0.717, 1.165) is 38.5 Å². The molecule has 0 atom stereocenters. The van der Waals surface area contributed by atoms with Gasteiger partial charge in [0.15, 0.2) is 0 Å². The number of benzene rings is 2. The van der Waals surface area contributed by atoms with Crippen molar-refractivity contribution >= 4 is 16.9 Å². The minimum absolute atomic E-state index is 0.111. The number of alkyl halides is 13. The van der Waals surface area contributed by atoms with Gasteiger partial charge in [-0.25, -0.2) is 0 Å². The molecular formula is C32H33F13O2S. The Morgan fingerprint density at radius 1 is 0.625 bits per heavy atom. The number of hydrogen-bond acceptors (Lipinski definition) is 3. The number of rotatable bonds is 20. The van der Waals surface area contributed by atoms with E-state index in [9.17, 15) is 61.9 Å². The van der Waals surface area contributed by atoms with Crippen LogP contribution in [0.2, 0.25) is 0 Å². The van der Waals surface area contributed by atoms with Crippen LogP contribution < -0.4 is 4.74 Å². The highest BCUT2D eigenvalue weighted by Gasteiger charge is 2.90. The lowest BCUT2D eigenvalue weighted by molar-refractivity contribution is -0.439. The predicted molar refractivity (Wildman–Crippen MR) is 157 cm³/mol. The van der Waals surface area contributed by atoms with E-state index in [4.69, 9.17) is 4.74 Å². The molecule has 0 fully saturated rings. The number of halogens is 13. The van der Waals surface area contributed by atoms with Gasteiger partial charge in [0.05, 0.1) is 6.61 Å². The maximum atomic E-state index is 14.0. The van der Waals surface area contributed by atoms with Crippen LogP contribution in [0.5, 0.6) is 5.75 Å². The minimum atomic E-state index is -7.95. The first-order valence-corrected chi connectivity index (χ1v) is 15.7. The molecule has 0 aromatic heterocycles. The summed E-state index contributed by atoms with van der Waals surface area (Å²) >= 11 is -0.111. The Morgan fingerprint density at radius 2 is 1.08 bits per heavy atom. The van der Waals surface area contributed by atoms with Crippen molar-refractivity contribution in [2.24, 2.45) is 0 Å². The molecule has 48 heavy (non-hydrogen) atoms. The molecule has 0 saturated heterocycles. The third-order valence-corrected chi connectivity index (χ3v) is 8.18. The average Bonchev–Trinajstić information content (AvgIpc) is 3.01. The summed E-state index contributed by atoms with van der Waals surface area (Å²) in [6, 6.07) is 12.3. The Labute approximate surface area is 273 Å². The zero-order valence-corrected chi connectivity index (χ0v) is 26.1. The van der Waals surface area contributed by atoms with Crippen molar-refractivity contribution in [2.75, 3.05) is 12.4 Å². The topological polar surface area (TPSA) is 26.3 Å². The Bertz CT molecular complexity index is 1310. The van der Waals surface area contributed by atoms with Crippen molar-refractivity contribution in [3.63, 3.8) is 0 Å². The van der Waals surface area contributed by atoms with Crippen molar-refractivity contribution in [1.82, 2.24) is 0 Å². The number of unbranched alkanes of at least 4 members (excludes halogenated alkanes) is 7. The van der Waals surface area contributed by atoms with Crippen LogP contribution in [-0.4, -0.2) is 53.3 Å². The van der Waals surface area contributed by atoms with Crippen molar-refractivity contribution in [3.05, 3.63) is 66.7 Å².